The summed E-state index contributed by atoms with van der Waals surface area (Å²) in [6, 6.07) is 2.87. The van der Waals surface area contributed by atoms with Crippen LogP contribution >= 0.6 is 0 Å². The van der Waals surface area contributed by atoms with Crippen molar-refractivity contribution in [1.29, 1.82) is 0 Å². The van der Waals surface area contributed by atoms with E-state index >= 15 is 0 Å². The number of amides is 1. The smallest absolute Gasteiger partial charge is 0.308 e. The number of carbonyl (C=O) groups excluding carboxylic acids is 2. The van der Waals surface area contributed by atoms with E-state index in [1.807, 2.05) is 13.8 Å². The first kappa shape index (κ1) is 19.0. The normalized spacial score (nSPS) is 20.4. The van der Waals surface area contributed by atoms with Crippen LogP contribution in [0.25, 0.3) is 0 Å². The molecule has 1 aromatic rings. The molecule has 1 fully saturated rings. The molecule has 2 rings (SSSR count). The number of likely N-dealkylation sites (tertiary alicyclic amines) is 1. The third-order valence-electron chi connectivity index (χ3n) is 4.70. The van der Waals surface area contributed by atoms with Crippen LogP contribution in [0.15, 0.2) is 16.9 Å². The van der Waals surface area contributed by atoms with E-state index in [-0.39, 0.29) is 48.9 Å². The monoisotopic (exact) mass is 350 g/mol. The molecule has 2 atom stereocenters. The fourth-order valence-electron chi connectivity index (χ4n) is 3.40. The molecular formula is C18H26N2O5. The minimum atomic E-state index is -0.523. The van der Waals surface area contributed by atoms with E-state index in [2.05, 4.69) is 0 Å². The predicted octanol–water partition coefficient (Wildman–Crippen LogP) is 1.59. The largest absolute Gasteiger partial charge is 0.508 e. The number of ether oxygens (including phenoxy) is 1. The minimum absolute atomic E-state index is 0.0100. The number of rotatable bonds is 5. The standard InChI is InChI=1S/C18H26N2O5/c1-12-5-4-6-13(2)20(12)17(23)11-25-18(24)7-8-19-14(3)9-15(21)10-16(19)22/h9-10,12-13,21H,4-8,11H2,1-3H3/t12-,13-/m1/s1. The number of aryl methyl sites for hydroxylation is 1. The Labute approximate surface area is 147 Å². The van der Waals surface area contributed by atoms with Gasteiger partial charge in [-0.05, 0) is 46.1 Å². The van der Waals surface area contributed by atoms with Crippen molar-refractivity contribution in [2.75, 3.05) is 6.61 Å². The van der Waals surface area contributed by atoms with E-state index in [9.17, 15) is 19.5 Å². The van der Waals surface area contributed by atoms with Crippen molar-refractivity contribution in [3.8, 4) is 5.75 Å². The zero-order valence-electron chi connectivity index (χ0n) is 15.0. The molecule has 1 aliphatic heterocycles. The quantitative estimate of drug-likeness (QED) is 0.815. The van der Waals surface area contributed by atoms with Gasteiger partial charge >= 0.3 is 5.97 Å². The third-order valence-corrected chi connectivity index (χ3v) is 4.70. The molecule has 0 radical (unpaired) electrons. The van der Waals surface area contributed by atoms with Gasteiger partial charge in [0.05, 0.1) is 6.42 Å². The Hall–Kier alpha value is -2.31. The summed E-state index contributed by atoms with van der Waals surface area (Å²) in [7, 11) is 0. The lowest BCUT2D eigenvalue weighted by molar-refractivity contribution is -0.155. The number of pyridine rings is 1. The number of carbonyl (C=O) groups is 2. The van der Waals surface area contributed by atoms with Crippen molar-refractivity contribution in [1.82, 2.24) is 9.47 Å². The summed E-state index contributed by atoms with van der Waals surface area (Å²) in [6.45, 7) is 5.57. The van der Waals surface area contributed by atoms with Crippen molar-refractivity contribution < 1.29 is 19.4 Å². The lowest BCUT2D eigenvalue weighted by atomic mass is 9.97. The third kappa shape index (κ3) is 4.84. The van der Waals surface area contributed by atoms with Crippen molar-refractivity contribution in [2.24, 2.45) is 0 Å². The zero-order chi connectivity index (χ0) is 18.6. The van der Waals surface area contributed by atoms with Crippen LogP contribution in [0.3, 0.4) is 0 Å². The summed E-state index contributed by atoms with van der Waals surface area (Å²) >= 11 is 0. The van der Waals surface area contributed by atoms with Gasteiger partial charge in [0, 0.05) is 30.4 Å². The highest BCUT2D eigenvalue weighted by atomic mass is 16.5. The van der Waals surface area contributed by atoms with Crippen LogP contribution in [-0.4, -0.2) is 45.1 Å². The number of nitrogens with zero attached hydrogens (tertiary/aromatic N) is 2. The summed E-state index contributed by atoms with van der Waals surface area (Å²) in [5.74, 6) is -0.798. The topological polar surface area (TPSA) is 88.8 Å². The van der Waals surface area contributed by atoms with Gasteiger partial charge in [0.15, 0.2) is 6.61 Å². The van der Waals surface area contributed by atoms with Crippen molar-refractivity contribution in [3.63, 3.8) is 0 Å². The number of piperidine rings is 1. The number of esters is 1. The van der Waals surface area contributed by atoms with Crippen molar-refractivity contribution in [3.05, 3.63) is 28.2 Å². The Morgan fingerprint density at radius 3 is 2.48 bits per heavy atom. The van der Waals surface area contributed by atoms with Gasteiger partial charge in [-0.25, -0.2) is 0 Å². The van der Waals surface area contributed by atoms with Crippen LogP contribution in [0.4, 0.5) is 0 Å². The molecule has 0 spiro atoms. The molecule has 0 aromatic carbocycles. The summed E-state index contributed by atoms with van der Waals surface area (Å²) in [6.07, 6.45) is 3.02. The molecule has 0 aliphatic carbocycles. The van der Waals surface area contributed by atoms with Gasteiger partial charge < -0.3 is 19.3 Å². The average molecular weight is 350 g/mol. The summed E-state index contributed by atoms with van der Waals surface area (Å²) in [5.41, 5.74) is 0.183. The van der Waals surface area contributed by atoms with Gasteiger partial charge in [0.1, 0.15) is 5.75 Å². The van der Waals surface area contributed by atoms with Crippen molar-refractivity contribution in [2.45, 2.75) is 65.1 Å². The highest BCUT2D eigenvalue weighted by Crippen LogP contribution is 2.22. The zero-order valence-corrected chi connectivity index (χ0v) is 15.0. The summed E-state index contributed by atoms with van der Waals surface area (Å²) in [5, 5.41) is 9.36. The molecule has 1 aliphatic rings. The highest BCUT2D eigenvalue weighted by molar-refractivity contribution is 5.81. The molecule has 138 valence electrons. The molecule has 1 saturated heterocycles. The maximum absolute atomic E-state index is 12.3. The Bertz CT molecular complexity index is 687. The van der Waals surface area contributed by atoms with Gasteiger partial charge in [-0.2, -0.15) is 0 Å². The van der Waals surface area contributed by atoms with Crippen LogP contribution in [0.5, 0.6) is 5.75 Å². The molecule has 1 N–H and O–H groups in total. The van der Waals surface area contributed by atoms with E-state index in [1.165, 1.54) is 10.6 Å². The fraction of sp³-hybridized carbons (Fsp3) is 0.611. The van der Waals surface area contributed by atoms with Crippen LogP contribution < -0.4 is 5.56 Å². The maximum Gasteiger partial charge on any atom is 0.308 e. The lowest BCUT2D eigenvalue weighted by Gasteiger charge is -2.38. The summed E-state index contributed by atoms with van der Waals surface area (Å²) in [4.78, 5) is 37.8. The van der Waals surface area contributed by atoms with Gasteiger partial charge in [-0.15, -0.1) is 0 Å². The van der Waals surface area contributed by atoms with E-state index in [4.69, 9.17) is 4.74 Å². The molecule has 2 heterocycles. The molecule has 7 heteroatoms. The van der Waals surface area contributed by atoms with E-state index in [0.29, 0.717) is 5.69 Å². The lowest BCUT2D eigenvalue weighted by Crippen LogP contribution is -2.49. The van der Waals surface area contributed by atoms with Gasteiger partial charge in [0.25, 0.3) is 11.5 Å². The number of hydrogen-bond acceptors (Lipinski definition) is 5. The molecule has 1 aromatic heterocycles. The molecule has 0 unspecified atom stereocenters. The second-order valence-electron chi connectivity index (χ2n) is 6.69. The van der Waals surface area contributed by atoms with Gasteiger partial charge in [-0.3, -0.25) is 14.4 Å². The Morgan fingerprint density at radius 2 is 1.88 bits per heavy atom. The van der Waals surface area contributed by atoms with Gasteiger partial charge in [-0.1, -0.05) is 0 Å². The fourth-order valence-corrected chi connectivity index (χ4v) is 3.40. The highest BCUT2D eigenvalue weighted by Gasteiger charge is 2.29. The molecule has 25 heavy (non-hydrogen) atoms. The van der Waals surface area contributed by atoms with E-state index in [1.54, 1.807) is 11.8 Å². The number of hydrogen-bond donors (Lipinski definition) is 1. The van der Waals surface area contributed by atoms with Crippen molar-refractivity contribution >= 4 is 11.9 Å². The van der Waals surface area contributed by atoms with Gasteiger partial charge in [0.2, 0.25) is 0 Å². The Balaban J connectivity index is 1.85. The van der Waals surface area contributed by atoms with Crippen LogP contribution in [0, 0.1) is 6.92 Å². The second-order valence-corrected chi connectivity index (χ2v) is 6.69. The van der Waals surface area contributed by atoms with Crippen LogP contribution in [0.2, 0.25) is 0 Å². The Kier molecular flexibility index (Phi) is 6.22. The molecular weight excluding hydrogens is 324 g/mol. The van der Waals surface area contributed by atoms with E-state index < -0.39 is 5.97 Å². The van der Waals surface area contributed by atoms with Crippen LogP contribution in [0.1, 0.15) is 45.2 Å². The average Bonchev–Trinajstić information content (AvgIpc) is 2.51. The number of aromatic nitrogens is 1. The molecule has 0 saturated carbocycles. The first-order chi connectivity index (χ1) is 11.8. The molecule has 1 amide bonds. The molecule has 0 bridgehead atoms. The van der Waals surface area contributed by atoms with Crippen LogP contribution in [-0.2, 0) is 20.9 Å². The maximum atomic E-state index is 12.3. The van der Waals surface area contributed by atoms with E-state index in [0.717, 1.165) is 25.3 Å². The Morgan fingerprint density at radius 1 is 1.24 bits per heavy atom. The predicted molar refractivity (Wildman–Crippen MR) is 92.3 cm³/mol. The minimum Gasteiger partial charge on any atom is -0.508 e. The number of aromatic hydroxyl groups is 1. The first-order valence-corrected chi connectivity index (χ1v) is 8.67. The summed E-state index contributed by atoms with van der Waals surface area (Å²) < 4.78 is 6.47. The SMILES string of the molecule is Cc1cc(O)cc(=O)n1CCC(=O)OCC(=O)N1[C@H](C)CCC[C@H]1C. The molecule has 7 nitrogen and oxygen atoms in total. The first-order valence-electron chi connectivity index (χ1n) is 8.67. The second kappa shape index (κ2) is 8.18.